The first-order valence-electron chi connectivity index (χ1n) is 9.76. The van der Waals surface area contributed by atoms with Crippen molar-refractivity contribution in [2.75, 3.05) is 0 Å². The molecular weight excluding hydrogens is 319 g/mol. The van der Waals surface area contributed by atoms with Crippen molar-refractivity contribution in [1.29, 1.82) is 0 Å². The molecule has 3 unspecified atom stereocenters. The Balaban J connectivity index is 1.94. The second-order valence-corrected chi connectivity index (χ2v) is 8.23. The number of hydrogen-bond donors (Lipinski definition) is 2. The van der Waals surface area contributed by atoms with Crippen LogP contribution in [0.25, 0.3) is 11.1 Å². The van der Waals surface area contributed by atoms with Gasteiger partial charge in [0.2, 0.25) is 0 Å². The van der Waals surface area contributed by atoms with Crippen LogP contribution in [0.5, 0.6) is 0 Å². The lowest BCUT2D eigenvalue weighted by atomic mass is 9.66. The van der Waals surface area contributed by atoms with Crippen molar-refractivity contribution < 1.29 is 10.0 Å². The molecule has 3 atom stereocenters. The van der Waals surface area contributed by atoms with Crippen molar-refractivity contribution in [2.24, 2.45) is 11.8 Å². The highest BCUT2D eigenvalue weighted by Gasteiger charge is 2.43. The van der Waals surface area contributed by atoms with Gasteiger partial charge in [-0.15, -0.1) is 0 Å². The summed E-state index contributed by atoms with van der Waals surface area (Å²) in [7, 11) is -1.43. The highest BCUT2D eigenvalue weighted by molar-refractivity contribution is 6.58. The number of allylic oxidation sites excluding steroid dienone is 2. The van der Waals surface area contributed by atoms with E-state index in [2.05, 4.69) is 57.2 Å². The minimum atomic E-state index is -1.43. The lowest BCUT2D eigenvalue weighted by Crippen LogP contribution is -2.33. The van der Waals surface area contributed by atoms with Gasteiger partial charge in [-0.05, 0) is 59.3 Å². The Morgan fingerprint density at radius 2 is 1.81 bits per heavy atom. The molecule has 0 saturated heterocycles. The van der Waals surface area contributed by atoms with Crippen LogP contribution in [0, 0.1) is 11.8 Å². The summed E-state index contributed by atoms with van der Waals surface area (Å²) >= 11 is 0. The van der Waals surface area contributed by atoms with Gasteiger partial charge in [0.1, 0.15) is 0 Å². The lowest BCUT2D eigenvalue weighted by molar-refractivity contribution is 0.373. The van der Waals surface area contributed by atoms with Gasteiger partial charge < -0.3 is 10.0 Å². The number of rotatable bonds is 3. The van der Waals surface area contributed by atoms with Crippen LogP contribution in [-0.2, 0) is 5.41 Å². The summed E-state index contributed by atoms with van der Waals surface area (Å²) in [6, 6.07) is 14.5. The van der Waals surface area contributed by atoms with Gasteiger partial charge in [0.25, 0.3) is 0 Å². The quantitative estimate of drug-likeness (QED) is 0.651. The van der Waals surface area contributed by atoms with Crippen molar-refractivity contribution in [3.05, 3.63) is 65.2 Å². The van der Waals surface area contributed by atoms with E-state index < -0.39 is 7.12 Å². The normalized spacial score (nSPS) is 26.9. The van der Waals surface area contributed by atoms with Crippen molar-refractivity contribution in [3.8, 4) is 11.1 Å². The summed E-state index contributed by atoms with van der Waals surface area (Å²) in [6.45, 7) is 6.93. The maximum Gasteiger partial charge on any atom is 0.488 e. The Kier molecular flexibility index (Phi) is 4.33. The molecule has 4 rings (SSSR count). The van der Waals surface area contributed by atoms with Crippen LogP contribution in [0.15, 0.2) is 54.1 Å². The fourth-order valence-corrected chi connectivity index (χ4v) is 5.10. The molecule has 0 aromatic heterocycles. The Bertz CT molecular complexity index is 870. The van der Waals surface area contributed by atoms with Gasteiger partial charge in [0, 0.05) is 5.41 Å². The minimum Gasteiger partial charge on any atom is -0.423 e. The minimum absolute atomic E-state index is 0.196. The zero-order valence-electron chi connectivity index (χ0n) is 15.9. The predicted molar refractivity (Wildman–Crippen MR) is 108 cm³/mol. The molecule has 0 amide bonds. The Hall–Kier alpha value is -1.84. The van der Waals surface area contributed by atoms with Crippen LogP contribution in [-0.4, -0.2) is 17.2 Å². The largest absolute Gasteiger partial charge is 0.488 e. The molecule has 2 N–H and O–H groups in total. The average molecular weight is 346 g/mol. The summed E-state index contributed by atoms with van der Waals surface area (Å²) in [6.07, 6.45) is 6.07. The standard InChI is InChI=1S/C23H27BO2/c1-4-16-11-15(2)12-17(13-16)23(3)21-8-6-5-7-19(21)20-10-9-18(24(25)26)14-22(20)23/h5-10,12,14-16,25-26H,4,11,13H2,1-3H3. The molecule has 134 valence electrons. The van der Waals surface area contributed by atoms with E-state index in [1.807, 2.05) is 12.1 Å². The molecule has 0 radical (unpaired) electrons. The molecule has 0 bridgehead atoms. The molecule has 2 aromatic carbocycles. The molecule has 0 heterocycles. The zero-order chi connectivity index (χ0) is 18.5. The van der Waals surface area contributed by atoms with Gasteiger partial charge in [-0.25, -0.2) is 0 Å². The van der Waals surface area contributed by atoms with Gasteiger partial charge >= 0.3 is 7.12 Å². The number of benzene rings is 2. The third kappa shape index (κ3) is 2.57. The van der Waals surface area contributed by atoms with E-state index in [0.29, 0.717) is 11.4 Å². The molecule has 2 aliphatic rings. The first-order chi connectivity index (χ1) is 12.4. The molecule has 2 nitrogen and oxygen atoms in total. The van der Waals surface area contributed by atoms with Crippen LogP contribution >= 0.6 is 0 Å². The van der Waals surface area contributed by atoms with Crippen molar-refractivity contribution in [2.45, 2.75) is 45.4 Å². The third-order valence-corrected chi connectivity index (χ3v) is 6.56. The van der Waals surface area contributed by atoms with E-state index in [0.717, 1.165) is 12.3 Å². The summed E-state index contributed by atoms with van der Waals surface area (Å²) < 4.78 is 0. The van der Waals surface area contributed by atoms with Crippen LogP contribution in [0.1, 0.15) is 51.2 Å². The number of hydrogen-bond acceptors (Lipinski definition) is 2. The van der Waals surface area contributed by atoms with E-state index in [9.17, 15) is 10.0 Å². The maximum absolute atomic E-state index is 9.72. The molecule has 0 spiro atoms. The van der Waals surface area contributed by atoms with Crippen molar-refractivity contribution in [3.63, 3.8) is 0 Å². The smallest absolute Gasteiger partial charge is 0.423 e. The monoisotopic (exact) mass is 346 g/mol. The van der Waals surface area contributed by atoms with Gasteiger partial charge in [-0.1, -0.05) is 74.4 Å². The molecule has 26 heavy (non-hydrogen) atoms. The van der Waals surface area contributed by atoms with E-state index >= 15 is 0 Å². The molecule has 0 saturated carbocycles. The van der Waals surface area contributed by atoms with Gasteiger partial charge in [-0.2, -0.15) is 0 Å². The molecule has 0 fully saturated rings. The highest BCUT2D eigenvalue weighted by atomic mass is 16.4. The second-order valence-electron chi connectivity index (χ2n) is 8.23. The fraction of sp³-hybridized carbons (Fsp3) is 0.391. The molecule has 2 aliphatic carbocycles. The van der Waals surface area contributed by atoms with Crippen LogP contribution in [0.4, 0.5) is 0 Å². The third-order valence-electron chi connectivity index (χ3n) is 6.56. The van der Waals surface area contributed by atoms with Gasteiger partial charge in [-0.3, -0.25) is 0 Å². The average Bonchev–Trinajstić information content (AvgIpc) is 2.91. The maximum atomic E-state index is 9.72. The van der Waals surface area contributed by atoms with Crippen molar-refractivity contribution >= 4 is 12.6 Å². The summed E-state index contributed by atoms with van der Waals surface area (Å²) in [5.74, 6) is 1.31. The van der Waals surface area contributed by atoms with E-state index in [1.165, 1.54) is 40.7 Å². The second kappa shape index (κ2) is 6.40. The van der Waals surface area contributed by atoms with Gasteiger partial charge in [0.05, 0.1) is 0 Å². The SMILES string of the molecule is CCC1CC(C2(C)c3ccccc3-c3ccc(B(O)O)cc32)=CC(C)C1. The summed E-state index contributed by atoms with van der Waals surface area (Å²) in [5.41, 5.74) is 6.90. The molecule has 0 aliphatic heterocycles. The molecule has 3 heteroatoms. The fourth-order valence-electron chi connectivity index (χ4n) is 5.10. The number of fused-ring (bicyclic) bond motifs is 3. The van der Waals surface area contributed by atoms with Crippen molar-refractivity contribution in [1.82, 2.24) is 0 Å². The molecular formula is C23H27BO2. The Morgan fingerprint density at radius 3 is 2.54 bits per heavy atom. The summed E-state index contributed by atoms with van der Waals surface area (Å²) in [5, 5.41) is 19.4. The van der Waals surface area contributed by atoms with Gasteiger partial charge in [0.15, 0.2) is 0 Å². The topological polar surface area (TPSA) is 40.5 Å². The van der Waals surface area contributed by atoms with Crippen LogP contribution in [0.2, 0.25) is 0 Å². The predicted octanol–water partition coefficient (Wildman–Crippen LogP) is 4.04. The highest BCUT2D eigenvalue weighted by Crippen LogP contribution is 2.54. The zero-order valence-corrected chi connectivity index (χ0v) is 15.9. The molecule has 2 aromatic rings. The first-order valence-corrected chi connectivity index (χ1v) is 9.76. The van der Waals surface area contributed by atoms with Crippen LogP contribution < -0.4 is 5.46 Å². The first kappa shape index (κ1) is 17.6. The van der Waals surface area contributed by atoms with Crippen LogP contribution in [0.3, 0.4) is 0 Å². The van der Waals surface area contributed by atoms with E-state index in [-0.39, 0.29) is 5.41 Å². The van der Waals surface area contributed by atoms with E-state index in [1.54, 1.807) is 0 Å². The Labute approximate surface area is 156 Å². The Morgan fingerprint density at radius 1 is 1.08 bits per heavy atom. The lowest BCUT2D eigenvalue weighted by Gasteiger charge is -2.37. The summed E-state index contributed by atoms with van der Waals surface area (Å²) in [4.78, 5) is 0. The van der Waals surface area contributed by atoms with E-state index in [4.69, 9.17) is 0 Å².